The zero-order valence-corrected chi connectivity index (χ0v) is 12.2. The molecule has 0 aliphatic carbocycles. The van der Waals surface area contributed by atoms with Crippen LogP contribution in [0, 0.1) is 0 Å². The Bertz CT molecular complexity index is 550. The maximum Gasteiger partial charge on any atom is 0.234 e. The Kier molecular flexibility index (Phi) is 3.42. The van der Waals surface area contributed by atoms with Crippen molar-refractivity contribution in [3.05, 3.63) is 29.3 Å². The van der Waals surface area contributed by atoms with Crippen LogP contribution < -0.4 is 0 Å². The third-order valence-corrected chi connectivity index (χ3v) is 3.28. The Morgan fingerprint density at radius 1 is 0.833 bits per heavy atom. The number of hydrogen-bond donors (Lipinski definition) is 0. The molecule has 0 aliphatic rings. The molecule has 0 bridgehead atoms. The van der Waals surface area contributed by atoms with Crippen LogP contribution in [-0.4, -0.2) is 14.4 Å². The average Bonchev–Trinajstić information content (AvgIpc) is 2.70. The molecule has 2 heterocycles. The number of imidazole rings is 1. The van der Waals surface area contributed by atoms with Crippen LogP contribution in [0.25, 0.3) is 5.78 Å². The lowest BCUT2D eigenvalue weighted by Gasteiger charge is -2.12. The van der Waals surface area contributed by atoms with E-state index < -0.39 is 0 Å². The van der Waals surface area contributed by atoms with Crippen LogP contribution in [0.15, 0.2) is 12.3 Å². The van der Waals surface area contributed by atoms with Crippen molar-refractivity contribution < 1.29 is 0 Å². The molecule has 2 aromatic rings. The molecule has 0 amide bonds. The monoisotopic (exact) mass is 245 g/mol. The predicted molar refractivity (Wildman–Crippen MR) is 75.3 cm³/mol. The fourth-order valence-corrected chi connectivity index (χ4v) is 2.04. The molecule has 18 heavy (non-hydrogen) atoms. The summed E-state index contributed by atoms with van der Waals surface area (Å²) < 4.78 is 2.14. The summed E-state index contributed by atoms with van der Waals surface area (Å²) in [6, 6.07) is 2.22. The fraction of sp³-hybridized carbons (Fsp3) is 0.600. The molecule has 0 radical (unpaired) electrons. The van der Waals surface area contributed by atoms with Gasteiger partial charge in [0, 0.05) is 17.6 Å². The van der Waals surface area contributed by atoms with Crippen LogP contribution >= 0.6 is 0 Å². The van der Waals surface area contributed by atoms with E-state index in [1.807, 2.05) is 0 Å². The first-order valence-corrected chi connectivity index (χ1v) is 6.80. The summed E-state index contributed by atoms with van der Waals surface area (Å²) in [5, 5.41) is 0. The van der Waals surface area contributed by atoms with Crippen molar-refractivity contribution in [1.82, 2.24) is 14.4 Å². The molecule has 0 saturated heterocycles. The highest BCUT2D eigenvalue weighted by molar-refractivity contribution is 5.37. The Labute approximate surface area is 109 Å². The first-order valence-electron chi connectivity index (χ1n) is 6.80. The summed E-state index contributed by atoms with van der Waals surface area (Å²) in [4.78, 5) is 9.32. The van der Waals surface area contributed by atoms with Gasteiger partial charge in [-0.15, -0.1) is 0 Å². The largest absolute Gasteiger partial charge is 0.288 e. The van der Waals surface area contributed by atoms with Crippen LogP contribution in [0.2, 0.25) is 0 Å². The standard InChI is InChI=1S/C15H23N3/c1-9(2)12-7-14(11(5)6)18-8-13(10(3)4)17-15(18)16-12/h7-11H,1-6H3. The van der Waals surface area contributed by atoms with Gasteiger partial charge in [-0.1, -0.05) is 41.5 Å². The van der Waals surface area contributed by atoms with Crippen LogP contribution in [0.3, 0.4) is 0 Å². The lowest BCUT2D eigenvalue weighted by Crippen LogP contribution is -2.04. The quantitative estimate of drug-likeness (QED) is 0.815. The van der Waals surface area contributed by atoms with E-state index in [1.54, 1.807) is 0 Å². The van der Waals surface area contributed by atoms with Gasteiger partial charge in [-0.2, -0.15) is 0 Å². The van der Waals surface area contributed by atoms with Gasteiger partial charge in [0.05, 0.1) is 5.69 Å². The number of hydrogen-bond acceptors (Lipinski definition) is 2. The Morgan fingerprint density at radius 3 is 1.89 bits per heavy atom. The van der Waals surface area contributed by atoms with E-state index in [4.69, 9.17) is 0 Å². The molecule has 98 valence electrons. The van der Waals surface area contributed by atoms with Crippen LogP contribution in [0.4, 0.5) is 0 Å². The van der Waals surface area contributed by atoms with Gasteiger partial charge >= 0.3 is 0 Å². The van der Waals surface area contributed by atoms with E-state index in [0.29, 0.717) is 17.8 Å². The molecule has 0 saturated carbocycles. The zero-order chi connectivity index (χ0) is 13.4. The molecule has 3 nitrogen and oxygen atoms in total. The molecule has 2 rings (SSSR count). The summed E-state index contributed by atoms with van der Waals surface area (Å²) in [5.41, 5.74) is 3.54. The number of fused-ring (bicyclic) bond motifs is 1. The molecule has 0 fully saturated rings. The number of rotatable bonds is 3. The molecule has 0 atom stereocenters. The van der Waals surface area contributed by atoms with Crippen molar-refractivity contribution in [2.75, 3.05) is 0 Å². The van der Waals surface area contributed by atoms with Gasteiger partial charge in [0.1, 0.15) is 0 Å². The van der Waals surface area contributed by atoms with Gasteiger partial charge < -0.3 is 0 Å². The molecule has 0 unspecified atom stereocenters. The minimum Gasteiger partial charge on any atom is -0.288 e. The van der Waals surface area contributed by atoms with E-state index in [-0.39, 0.29) is 0 Å². The van der Waals surface area contributed by atoms with Gasteiger partial charge in [-0.25, -0.2) is 9.97 Å². The summed E-state index contributed by atoms with van der Waals surface area (Å²) in [6.45, 7) is 13.1. The summed E-state index contributed by atoms with van der Waals surface area (Å²) in [6.07, 6.45) is 2.13. The molecule has 0 spiro atoms. The molecule has 0 aromatic carbocycles. The van der Waals surface area contributed by atoms with Crippen molar-refractivity contribution in [3.8, 4) is 0 Å². The normalized spacial score (nSPS) is 12.3. The summed E-state index contributed by atoms with van der Waals surface area (Å²) >= 11 is 0. The van der Waals surface area contributed by atoms with E-state index in [0.717, 1.165) is 17.2 Å². The van der Waals surface area contributed by atoms with E-state index in [1.165, 1.54) is 5.69 Å². The van der Waals surface area contributed by atoms with Crippen LogP contribution in [-0.2, 0) is 0 Å². The Balaban J connectivity index is 2.69. The van der Waals surface area contributed by atoms with Gasteiger partial charge in [0.25, 0.3) is 0 Å². The highest BCUT2D eigenvalue weighted by atomic mass is 15.1. The predicted octanol–water partition coefficient (Wildman–Crippen LogP) is 4.10. The van der Waals surface area contributed by atoms with Crippen molar-refractivity contribution >= 4 is 5.78 Å². The second kappa shape index (κ2) is 4.71. The maximum absolute atomic E-state index is 4.67. The maximum atomic E-state index is 4.67. The molecular weight excluding hydrogens is 222 g/mol. The average molecular weight is 245 g/mol. The van der Waals surface area contributed by atoms with Crippen molar-refractivity contribution in [3.63, 3.8) is 0 Å². The smallest absolute Gasteiger partial charge is 0.234 e. The first kappa shape index (κ1) is 13.1. The van der Waals surface area contributed by atoms with Crippen molar-refractivity contribution in [2.24, 2.45) is 0 Å². The number of nitrogens with zero attached hydrogens (tertiary/aromatic N) is 3. The summed E-state index contributed by atoms with van der Waals surface area (Å²) in [5.74, 6) is 2.19. The van der Waals surface area contributed by atoms with E-state index in [2.05, 4.69) is 68.2 Å². The second-order valence-corrected chi connectivity index (χ2v) is 5.91. The van der Waals surface area contributed by atoms with Gasteiger partial charge in [0.15, 0.2) is 0 Å². The SMILES string of the molecule is CC(C)c1cc(C(C)C)n2cc(C(C)C)nc2n1. The van der Waals surface area contributed by atoms with Crippen LogP contribution in [0.5, 0.6) is 0 Å². The molecule has 2 aromatic heterocycles. The van der Waals surface area contributed by atoms with Crippen LogP contribution in [0.1, 0.15) is 76.4 Å². The highest BCUT2D eigenvalue weighted by Crippen LogP contribution is 2.23. The highest BCUT2D eigenvalue weighted by Gasteiger charge is 2.14. The lowest BCUT2D eigenvalue weighted by atomic mass is 10.0. The molecular formula is C15H23N3. The Hall–Kier alpha value is -1.38. The minimum atomic E-state index is 0.437. The van der Waals surface area contributed by atoms with E-state index in [9.17, 15) is 0 Å². The fourth-order valence-electron chi connectivity index (χ4n) is 2.04. The van der Waals surface area contributed by atoms with E-state index >= 15 is 0 Å². The zero-order valence-electron chi connectivity index (χ0n) is 12.2. The molecule has 0 aliphatic heterocycles. The third kappa shape index (κ3) is 2.26. The van der Waals surface area contributed by atoms with Crippen molar-refractivity contribution in [1.29, 1.82) is 0 Å². The topological polar surface area (TPSA) is 30.2 Å². The van der Waals surface area contributed by atoms with Gasteiger partial charge in [-0.3, -0.25) is 4.40 Å². The minimum absolute atomic E-state index is 0.437. The molecule has 3 heteroatoms. The van der Waals surface area contributed by atoms with Gasteiger partial charge in [0.2, 0.25) is 5.78 Å². The second-order valence-electron chi connectivity index (χ2n) is 5.91. The Morgan fingerprint density at radius 2 is 1.39 bits per heavy atom. The number of aromatic nitrogens is 3. The van der Waals surface area contributed by atoms with Gasteiger partial charge in [-0.05, 0) is 23.8 Å². The lowest BCUT2D eigenvalue weighted by molar-refractivity contribution is 0.757. The van der Waals surface area contributed by atoms with Crippen molar-refractivity contribution in [2.45, 2.75) is 59.3 Å². The summed E-state index contributed by atoms with van der Waals surface area (Å²) in [7, 11) is 0. The third-order valence-electron chi connectivity index (χ3n) is 3.28. The molecule has 0 N–H and O–H groups in total. The first-order chi connectivity index (χ1) is 8.40.